The molecule has 0 aliphatic carbocycles. The molecule has 0 aromatic heterocycles. The summed E-state index contributed by atoms with van der Waals surface area (Å²) >= 11 is 0. The average molecular weight is 314 g/mol. The van der Waals surface area contributed by atoms with Crippen molar-refractivity contribution in [1.82, 2.24) is 0 Å². The maximum Gasteiger partial charge on any atom is 0.451 e. The van der Waals surface area contributed by atoms with Crippen LogP contribution in [0.15, 0.2) is 0 Å². The van der Waals surface area contributed by atoms with E-state index in [9.17, 15) is 0 Å². The Labute approximate surface area is 137 Å². The van der Waals surface area contributed by atoms with Crippen molar-refractivity contribution in [3.8, 4) is 0 Å². The van der Waals surface area contributed by atoms with Crippen LogP contribution < -0.4 is 0 Å². The van der Waals surface area contributed by atoms with Crippen molar-refractivity contribution in [3.63, 3.8) is 0 Å². The standard InChI is InChI=1S/C16H36B2O4/c19-17(20)15-13-11-9-7-5-3-1-2-4-6-8-10-12-14-16-18(21)22/h19-22H,1-16H2. The third-order valence-electron chi connectivity index (χ3n) is 4.17. The first kappa shape index (κ1) is 22.0. The maximum atomic E-state index is 8.71. The van der Waals surface area contributed by atoms with Gasteiger partial charge in [0.2, 0.25) is 0 Å². The highest BCUT2D eigenvalue weighted by Gasteiger charge is 2.05. The summed E-state index contributed by atoms with van der Waals surface area (Å²) in [7, 11) is -2.25. The monoisotopic (exact) mass is 314 g/mol. The van der Waals surface area contributed by atoms with Crippen LogP contribution >= 0.6 is 0 Å². The van der Waals surface area contributed by atoms with E-state index in [0.29, 0.717) is 12.6 Å². The molecule has 0 fully saturated rings. The highest BCUT2D eigenvalue weighted by Crippen LogP contribution is 2.14. The lowest BCUT2D eigenvalue weighted by Crippen LogP contribution is -2.09. The molecule has 0 radical (unpaired) electrons. The Morgan fingerprint density at radius 2 is 0.500 bits per heavy atom. The van der Waals surface area contributed by atoms with Gasteiger partial charge in [0.1, 0.15) is 0 Å². The number of rotatable bonds is 17. The first-order valence-corrected chi connectivity index (χ1v) is 9.35. The lowest BCUT2D eigenvalue weighted by Gasteiger charge is -2.03. The van der Waals surface area contributed by atoms with Crippen molar-refractivity contribution >= 4 is 14.2 Å². The third kappa shape index (κ3) is 20.0. The molecule has 22 heavy (non-hydrogen) atoms. The van der Waals surface area contributed by atoms with Crippen LogP contribution in [0.25, 0.3) is 0 Å². The molecular formula is C16H36B2O4. The van der Waals surface area contributed by atoms with Gasteiger partial charge in [-0.1, -0.05) is 89.9 Å². The number of hydrogen-bond donors (Lipinski definition) is 4. The number of unbranched alkanes of at least 4 members (excludes halogenated alkanes) is 13. The average Bonchev–Trinajstić information content (AvgIpc) is 2.46. The van der Waals surface area contributed by atoms with Crippen molar-refractivity contribution < 1.29 is 20.1 Å². The molecule has 0 unspecified atom stereocenters. The van der Waals surface area contributed by atoms with Gasteiger partial charge >= 0.3 is 14.2 Å². The Bertz CT molecular complexity index is 194. The van der Waals surface area contributed by atoms with E-state index in [2.05, 4.69) is 0 Å². The fourth-order valence-corrected chi connectivity index (χ4v) is 2.78. The molecule has 0 aliphatic heterocycles. The third-order valence-corrected chi connectivity index (χ3v) is 4.17. The fraction of sp³-hybridized carbons (Fsp3) is 1.00. The molecule has 0 rings (SSSR count). The summed E-state index contributed by atoms with van der Waals surface area (Å²) in [6.45, 7) is 0. The molecule has 0 heterocycles. The molecule has 0 spiro atoms. The fourth-order valence-electron chi connectivity index (χ4n) is 2.78. The number of hydrogen-bond acceptors (Lipinski definition) is 4. The predicted molar refractivity (Wildman–Crippen MR) is 94.6 cm³/mol. The first-order chi connectivity index (χ1) is 10.6. The van der Waals surface area contributed by atoms with Crippen LogP contribution in [-0.2, 0) is 0 Å². The summed E-state index contributed by atoms with van der Waals surface area (Å²) in [4.78, 5) is 0. The zero-order valence-corrected chi connectivity index (χ0v) is 14.3. The van der Waals surface area contributed by atoms with E-state index in [-0.39, 0.29) is 0 Å². The Morgan fingerprint density at radius 1 is 0.318 bits per heavy atom. The minimum Gasteiger partial charge on any atom is -0.427 e. The second-order valence-corrected chi connectivity index (χ2v) is 6.49. The van der Waals surface area contributed by atoms with Gasteiger partial charge in [0, 0.05) is 0 Å². The van der Waals surface area contributed by atoms with Gasteiger partial charge in [-0.25, -0.2) is 0 Å². The van der Waals surface area contributed by atoms with E-state index in [1.165, 1.54) is 64.2 Å². The smallest absolute Gasteiger partial charge is 0.427 e. The molecule has 0 aromatic rings. The summed E-state index contributed by atoms with van der Waals surface area (Å²) in [6.07, 6.45) is 18.1. The minimum absolute atomic E-state index is 0.514. The van der Waals surface area contributed by atoms with Gasteiger partial charge in [-0.3, -0.25) is 0 Å². The van der Waals surface area contributed by atoms with Gasteiger partial charge in [-0.15, -0.1) is 0 Å². The van der Waals surface area contributed by atoms with E-state index >= 15 is 0 Å². The normalized spacial score (nSPS) is 10.9. The molecular weight excluding hydrogens is 278 g/mol. The Kier molecular flexibility index (Phi) is 17.3. The summed E-state index contributed by atoms with van der Waals surface area (Å²) in [5.74, 6) is 0. The van der Waals surface area contributed by atoms with Gasteiger partial charge in [0.05, 0.1) is 0 Å². The zero-order chi connectivity index (χ0) is 16.5. The Balaban J connectivity index is 2.97. The lowest BCUT2D eigenvalue weighted by atomic mass is 9.83. The molecule has 0 amide bonds. The molecule has 6 heteroatoms. The van der Waals surface area contributed by atoms with Crippen LogP contribution in [0, 0.1) is 0 Å². The molecule has 0 aromatic carbocycles. The lowest BCUT2D eigenvalue weighted by molar-refractivity contribution is 0.399. The van der Waals surface area contributed by atoms with Crippen LogP contribution in [0.4, 0.5) is 0 Å². The second-order valence-electron chi connectivity index (χ2n) is 6.49. The van der Waals surface area contributed by atoms with Gasteiger partial charge in [0.15, 0.2) is 0 Å². The zero-order valence-electron chi connectivity index (χ0n) is 14.3. The summed E-state index contributed by atoms with van der Waals surface area (Å²) < 4.78 is 0. The highest BCUT2D eigenvalue weighted by atomic mass is 16.4. The molecule has 0 saturated carbocycles. The van der Waals surface area contributed by atoms with Crippen LogP contribution in [0.2, 0.25) is 12.6 Å². The Hall–Kier alpha value is -0.0301. The van der Waals surface area contributed by atoms with Crippen molar-refractivity contribution in [2.45, 2.75) is 103 Å². The Morgan fingerprint density at radius 3 is 0.682 bits per heavy atom. The van der Waals surface area contributed by atoms with E-state index in [1.54, 1.807) is 0 Å². The predicted octanol–water partition coefficient (Wildman–Crippen LogP) is 3.39. The molecule has 4 N–H and O–H groups in total. The van der Waals surface area contributed by atoms with Crippen molar-refractivity contribution in [2.75, 3.05) is 0 Å². The highest BCUT2D eigenvalue weighted by molar-refractivity contribution is 6.41. The quantitative estimate of drug-likeness (QED) is 0.245. The topological polar surface area (TPSA) is 80.9 Å². The van der Waals surface area contributed by atoms with E-state index in [4.69, 9.17) is 20.1 Å². The molecule has 0 saturated heterocycles. The SMILES string of the molecule is OB(O)CCCCCCCCCCCCCCCCB(O)O. The molecule has 4 nitrogen and oxygen atoms in total. The van der Waals surface area contributed by atoms with Crippen LogP contribution in [0.3, 0.4) is 0 Å². The van der Waals surface area contributed by atoms with Gasteiger partial charge in [-0.05, 0) is 12.6 Å². The largest absolute Gasteiger partial charge is 0.451 e. The van der Waals surface area contributed by atoms with E-state index in [1.807, 2.05) is 0 Å². The summed E-state index contributed by atoms with van der Waals surface area (Å²) in [5.41, 5.74) is 0. The van der Waals surface area contributed by atoms with Crippen LogP contribution in [0.1, 0.15) is 89.9 Å². The van der Waals surface area contributed by atoms with Crippen molar-refractivity contribution in [2.24, 2.45) is 0 Å². The molecule has 0 bridgehead atoms. The van der Waals surface area contributed by atoms with E-state index < -0.39 is 14.2 Å². The van der Waals surface area contributed by atoms with Gasteiger partial charge in [-0.2, -0.15) is 0 Å². The second kappa shape index (κ2) is 17.3. The van der Waals surface area contributed by atoms with Crippen molar-refractivity contribution in [3.05, 3.63) is 0 Å². The molecule has 130 valence electrons. The molecule has 0 atom stereocenters. The summed E-state index contributed by atoms with van der Waals surface area (Å²) in [6, 6.07) is 0. The van der Waals surface area contributed by atoms with E-state index in [0.717, 1.165) is 25.7 Å². The maximum absolute atomic E-state index is 8.71. The minimum atomic E-state index is -1.12. The van der Waals surface area contributed by atoms with Crippen molar-refractivity contribution in [1.29, 1.82) is 0 Å². The first-order valence-electron chi connectivity index (χ1n) is 9.35. The summed E-state index contributed by atoms with van der Waals surface area (Å²) in [5, 5.41) is 34.9. The van der Waals surface area contributed by atoms with Crippen LogP contribution in [-0.4, -0.2) is 34.3 Å². The van der Waals surface area contributed by atoms with Crippen LogP contribution in [0.5, 0.6) is 0 Å². The van der Waals surface area contributed by atoms with Gasteiger partial charge < -0.3 is 20.1 Å². The van der Waals surface area contributed by atoms with Gasteiger partial charge in [0.25, 0.3) is 0 Å². The molecule has 0 aliphatic rings.